The number of imidazole rings is 1. The van der Waals surface area contributed by atoms with Gasteiger partial charge in [-0.2, -0.15) is 0 Å². The smallest absolute Gasteiger partial charge is 0.329 e. The summed E-state index contributed by atoms with van der Waals surface area (Å²) in [6.07, 6.45) is 1.62. The molecule has 1 atom stereocenters. The summed E-state index contributed by atoms with van der Waals surface area (Å²) in [7, 11) is 3.43. The minimum atomic E-state index is -0.250. The van der Waals surface area contributed by atoms with Crippen molar-refractivity contribution in [1.29, 1.82) is 0 Å². The maximum Gasteiger partial charge on any atom is 0.329 e. The van der Waals surface area contributed by atoms with Crippen molar-refractivity contribution in [3.8, 4) is 11.3 Å². The molecule has 1 N–H and O–H groups in total. The lowest BCUT2D eigenvalue weighted by Gasteiger charge is -2.13. The van der Waals surface area contributed by atoms with Crippen LogP contribution in [0.5, 0.6) is 0 Å². The number of nitrogens with one attached hydrogen (secondary N) is 1. The Kier molecular flexibility index (Phi) is 4.72. The number of rotatable bonds is 4. The average Bonchev–Trinajstić information content (AvgIpc) is 3.08. The molecule has 0 aliphatic carbocycles. The summed E-state index contributed by atoms with van der Waals surface area (Å²) in [5.74, 6) is -0.0609. The minimum absolute atomic E-state index is 0.0609. The Balaban J connectivity index is 1.76. The van der Waals surface area contributed by atoms with Gasteiger partial charge in [-0.1, -0.05) is 42.5 Å². The van der Waals surface area contributed by atoms with E-state index in [0.717, 1.165) is 11.1 Å². The number of benzene rings is 2. The highest BCUT2D eigenvalue weighted by Gasteiger charge is 2.17. The third-order valence-corrected chi connectivity index (χ3v) is 4.93. The Morgan fingerprint density at radius 2 is 1.76 bits per heavy atom. The van der Waals surface area contributed by atoms with Crippen LogP contribution in [0.1, 0.15) is 28.9 Å². The van der Waals surface area contributed by atoms with Crippen molar-refractivity contribution in [2.45, 2.75) is 13.0 Å². The van der Waals surface area contributed by atoms with E-state index in [-0.39, 0.29) is 17.6 Å². The predicted molar refractivity (Wildman–Crippen MR) is 112 cm³/mol. The van der Waals surface area contributed by atoms with Crippen molar-refractivity contribution in [3.05, 3.63) is 82.4 Å². The molecule has 0 aliphatic rings. The highest BCUT2D eigenvalue weighted by molar-refractivity contribution is 5.94. The lowest BCUT2D eigenvalue weighted by Crippen LogP contribution is -2.21. The molecule has 2 aromatic carbocycles. The maximum absolute atomic E-state index is 12.6. The molecule has 1 amide bonds. The predicted octanol–water partition coefficient (Wildman–Crippen LogP) is 3.10. The van der Waals surface area contributed by atoms with Crippen LogP contribution in [0.2, 0.25) is 0 Å². The van der Waals surface area contributed by atoms with Crippen molar-refractivity contribution in [2.24, 2.45) is 0 Å². The number of carbonyl (C=O) groups is 1. The van der Waals surface area contributed by atoms with E-state index < -0.39 is 0 Å². The van der Waals surface area contributed by atoms with Crippen LogP contribution in [0.3, 0.4) is 0 Å². The summed E-state index contributed by atoms with van der Waals surface area (Å²) >= 11 is 0. The van der Waals surface area contributed by atoms with Gasteiger partial charge in [0.15, 0.2) is 11.3 Å². The fourth-order valence-corrected chi connectivity index (χ4v) is 3.31. The van der Waals surface area contributed by atoms with Crippen molar-refractivity contribution < 1.29 is 4.79 Å². The largest absolute Gasteiger partial charge is 0.345 e. The molecule has 2 heterocycles. The first-order valence-corrected chi connectivity index (χ1v) is 9.30. The molecule has 0 saturated carbocycles. The van der Waals surface area contributed by atoms with E-state index in [1.54, 1.807) is 37.0 Å². The standard InChI is InChI=1S/C22H21N5O2/c1-14(15-7-5-4-6-8-15)27-20-19(25-22(27)29)23-13-18(24-20)16-9-11-17(12-10-16)21(28)26(2)3/h4-14H,1-3H3,(H,23,25,29)/t14-/m1/s1. The number of nitrogens with zero attached hydrogens (tertiary/aromatic N) is 4. The van der Waals surface area contributed by atoms with Crippen molar-refractivity contribution >= 4 is 17.2 Å². The number of aromatic nitrogens is 4. The molecule has 4 rings (SSSR count). The Hall–Kier alpha value is -3.74. The number of hydrogen-bond donors (Lipinski definition) is 1. The Morgan fingerprint density at radius 1 is 1.07 bits per heavy atom. The molecule has 0 bridgehead atoms. The summed E-state index contributed by atoms with van der Waals surface area (Å²) in [6.45, 7) is 1.96. The molecular weight excluding hydrogens is 366 g/mol. The van der Waals surface area contributed by atoms with E-state index >= 15 is 0 Å². The molecule has 29 heavy (non-hydrogen) atoms. The summed E-state index contributed by atoms with van der Waals surface area (Å²) < 4.78 is 1.62. The van der Waals surface area contributed by atoms with Crippen LogP contribution < -0.4 is 5.69 Å². The van der Waals surface area contributed by atoms with Crippen molar-refractivity contribution in [1.82, 2.24) is 24.4 Å². The van der Waals surface area contributed by atoms with E-state index in [9.17, 15) is 9.59 Å². The van der Waals surface area contributed by atoms with Crippen molar-refractivity contribution in [3.63, 3.8) is 0 Å². The Bertz CT molecular complexity index is 1220. The highest BCUT2D eigenvalue weighted by atomic mass is 16.2. The molecule has 4 aromatic rings. The van der Waals surface area contributed by atoms with E-state index in [2.05, 4.69) is 9.97 Å². The normalized spacial score (nSPS) is 12.1. The third kappa shape index (κ3) is 3.42. The zero-order chi connectivity index (χ0) is 20.5. The second kappa shape index (κ2) is 7.35. The lowest BCUT2D eigenvalue weighted by molar-refractivity contribution is 0.0827. The van der Waals surface area contributed by atoms with E-state index in [1.165, 1.54) is 4.90 Å². The zero-order valence-corrected chi connectivity index (χ0v) is 16.5. The van der Waals surface area contributed by atoms with Gasteiger partial charge in [-0.3, -0.25) is 14.3 Å². The molecule has 7 heteroatoms. The second-order valence-electron chi connectivity index (χ2n) is 7.09. The number of aromatic amines is 1. The number of H-pyrrole nitrogens is 1. The SMILES string of the molecule is C[C@H](c1ccccc1)n1c(=O)[nH]c2ncc(-c3ccc(C(=O)N(C)C)cc3)nc21. The monoisotopic (exact) mass is 387 g/mol. The summed E-state index contributed by atoms with van der Waals surface area (Å²) in [6, 6.07) is 16.8. The first kappa shape index (κ1) is 18.6. The topological polar surface area (TPSA) is 83.9 Å². The van der Waals surface area contributed by atoms with Gasteiger partial charge in [-0.05, 0) is 24.6 Å². The molecule has 0 fully saturated rings. The number of hydrogen-bond acceptors (Lipinski definition) is 4. The van der Waals surface area contributed by atoms with E-state index in [0.29, 0.717) is 22.6 Å². The quantitative estimate of drug-likeness (QED) is 0.583. The number of fused-ring (bicyclic) bond motifs is 1. The van der Waals surface area contributed by atoms with E-state index in [4.69, 9.17) is 4.98 Å². The summed E-state index contributed by atoms with van der Waals surface area (Å²) in [5, 5.41) is 0. The van der Waals surface area contributed by atoms with Crippen LogP contribution in [-0.4, -0.2) is 44.4 Å². The van der Waals surface area contributed by atoms with Gasteiger partial charge in [0, 0.05) is 25.2 Å². The fourth-order valence-electron chi connectivity index (χ4n) is 3.31. The second-order valence-corrected chi connectivity index (χ2v) is 7.09. The van der Waals surface area contributed by atoms with Gasteiger partial charge < -0.3 is 4.90 Å². The molecule has 2 aromatic heterocycles. The molecule has 0 unspecified atom stereocenters. The molecule has 0 radical (unpaired) electrons. The van der Waals surface area contributed by atoms with Crippen LogP contribution in [-0.2, 0) is 0 Å². The van der Waals surface area contributed by atoms with Crippen LogP contribution >= 0.6 is 0 Å². The number of carbonyl (C=O) groups excluding carboxylic acids is 1. The summed E-state index contributed by atoms with van der Waals surface area (Å²) in [4.78, 5) is 38.0. The molecule has 0 aliphatic heterocycles. The fraction of sp³-hybridized carbons (Fsp3) is 0.182. The molecule has 7 nitrogen and oxygen atoms in total. The molecular formula is C22H21N5O2. The van der Waals surface area contributed by atoms with E-state index in [1.807, 2.05) is 49.4 Å². The summed E-state index contributed by atoms with van der Waals surface area (Å²) in [5.41, 5.74) is 3.76. The third-order valence-electron chi connectivity index (χ3n) is 4.93. The van der Waals surface area contributed by atoms with Crippen LogP contribution in [0.15, 0.2) is 65.6 Å². The Morgan fingerprint density at radius 3 is 2.41 bits per heavy atom. The first-order chi connectivity index (χ1) is 14.0. The van der Waals surface area contributed by atoms with Gasteiger partial charge in [0.05, 0.1) is 17.9 Å². The van der Waals surface area contributed by atoms with Crippen molar-refractivity contribution in [2.75, 3.05) is 14.1 Å². The molecule has 0 spiro atoms. The maximum atomic E-state index is 12.6. The lowest BCUT2D eigenvalue weighted by atomic mass is 10.1. The van der Waals surface area contributed by atoms with Crippen LogP contribution in [0.4, 0.5) is 0 Å². The Labute approximate surface area is 167 Å². The van der Waals surface area contributed by atoms with Gasteiger partial charge in [0.1, 0.15) is 0 Å². The molecule has 146 valence electrons. The van der Waals surface area contributed by atoms with Gasteiger partial charge in [0.25, 0.3) is 5.91 Å². The van der Waals surface area contributed by atoms with Gasteiger partial charge >= 0.3 is 5.69 Å². The minimum Gasteiger partial charge on any atom is -0.345 e. The van der Waals surface area contributed by atoms with Gasteiger partial charge in [-0.15, -0.1) is 0 Å². The average molecular weight is 387 g/mol. The van der Waals surface area contributed by atoms with Crippen LogP contribution in [0.25, 0.3) is 22.6 Å². The molecule has 0 saturated heterocycles. The highest BCUT2D eigenvalue weighted by Crippen LogP contribution is 2.23. The van der Waals surface area contributed by atoms with Gasteiger partial charge in [-0.25, -0.2) is 14.8 Å². The van der Waals surface area contributed by atoms with Gasteiger partial charge in [0.2, 0.25) is 0 Å². The number of amides is 1. The van der Waals surface area contributed by atoms with Crippen LogP contribution in [0, 0.1) is 0 Å². The first-order valence-electron chi connectivity index (χ1n) is 9.30. The zero-order valence-electron chi connectivity index (χ0n) is 16.5.